The number of nitrogens with zero attached hydrogens (tertiary/aromatic N) is 2. The summed E-state index contributed by atoms with van der Waals surface area (Å²) < 4.78 is 0. The van der Waals surface area contributed by atoms with Gasteiger partial charge in [0.15, 0.2) is 0 Å². The summed E-state index contributed by atoms with van der Waals surface area (Å²) >= 11 is 0. The number of nitrogens with one attached hydrogen (secondary N) is 1. The van der Waals surface area contributed by atoms with Gasteiger partial charge in [-0.2, -0.15) is 0 Å². The molecule has 18 heavy (non-hydrogen) atoms. The fourth-order valence-corrected chi connectivity index (χ4v) is 4.26. The fraction of sp³-hybridized carbons (Fsp3) is 0.929. The van der Waals surface area contributed by atoms with E-state index < -0.39 is 0 Å². The van der Waals surface area contributed by atoms with Gasteiger partial charge < -0.3 is 10.5 Å². The second kappa shape index (κ2) is 3.94. The maximum atomic E-state index is 9.41. The minimum Gasteiger partial charge on any atom is -0.411 e. The molecule has 2 saturated carbocycles. The highest BCUT2D eigenvalue weighted by molar-refractivity contribution is 5.94. The summed E-state index contributed by atoms with van der Waals surface area (Å²) in [4.78, 5) is 2.52. The molecule has 1 saturated heterocycles. The Morgan fingerprint density at radius 3 is 2.50 bits per heavy atom. The van der Waals surface area contributed by atoms with Gasteiger partial charge >= 0.3 is 0 Å². The van der Waals surface area contributed by atoms with Crippen LogP contribution in [0.3, 0.4) is 0 Å². The van der Waals surface area contributed by atoms with Crippen LogP contribution in [0.1, 0.15) is 33.6 Å². The van der Waals surface area contributed by atoms with Crippen LogP contribution in [0.5, 0.6) is 0 Å². The maximum absolute atomic E-state index is 9.41. The van der Waals surface area contributed by atoms with Crippen molar-refractivity contribution < 1.29 is 5.21 Å². The molecule has 0 unspecified atom stereocenters. The Bertz CT molecular complexity index is 373. The Morgan fingerprint density at radius 2 is 1.89 bits per heavy atom. The zero-order valence-corrected chi connectivity index (χ0v) is 11.7. The highest BCUT2D eigenvalue weighted by Crippen LogP contribution is 2.66. The Balaban J connectivity index is 1.84. The molecule has 2 N–H and O–H groups in total. The van der Waals surface area contributed by atoms with E-state index in [1.807, 2.05) is 0 Å². The summed E-state index contributed by atoms with van der Waals surface area (Å²) in [6.07, 6.45) is 2.14. The summed E-state index contributed by atoms with van der Waals surface area (Å²) in [5.41, 5.74) is 1.43. The minimum atomic E-state index is -0.0220. The Labute approximate surface area is 109 Å². The molecular formula is C14H25N3O. The highest BCUT2D eigenvalue weighted by atomic mass is 16.4. The van der Waals surface area contributed by atoms with E-state index in [2.05, 4.69) is 36.1 Å². The molecule has 4 nitrogen and oxygen atoms in total. The zero-order valence-electron chi connectivity index (χ0n) is 11.7. The van der Waals surface area contributed by atoms with Crippen LogP contribution in [-0.4, -0.2) is 47.5 Å². The number of piperazine rings is 1. The normalized spacial score (nSPS) is 45.8. The smallest absolute Gasteiger partial charge is 0.0773 e. The molecule has 0 aromatic rings. The summed E-state index contributed by atoms with van der Waals surface area (Å²) in [7, 11) is 0. The van der Waals surface area contributed by atoms with Crippen LogP contribution in [0, 0.1) is 17.3 Å². The van der Waals surface area contributed by atoms with Crippen molar-refractivity contribution >= 4 is 5.71 Å². The fourth-order valence-electron chi connectivity index (χ4n) is 4.26. The van der Waals surface area contributed by atoms with E-state index in [0.717, 1.165) is 56.6 Å². The first-order valence-electron chi connectivity index (χ1n) is 7.17. The molecule has 0 spiro atoms. The molecule has 0 aromatic heterocycles. The van der Waals surface area contributed by atoms with E-state index in [9.17, 15) is 5.21 Å². The average Bonchev–Trinajstić information content (AvgIpc) is 2.90. The third kappa shape index (κ3) is 1.62. The summed E-state index contributed by atoms with van der Waals surface area (Å²) in [5.74, 6) is 1.54. The molecule has 0 radical (unpaired) electrons. The molecule has 0 bridgehead atoms. The molecule has 3 aliphatic rings. The van der Waals surface area contributed by atoms with Crippen LogP contribution in [-0.2, 0) is 0 Å². The Kier molecular flexibility index (Phi) is 2.72. The van der Waals surface area contributed by atoms with Gasteiger partial charge in [-0.3, -0.25) is 4.90 Å². The van der Waals surface area contributed by atoms with Crippen molar-refractivity contribution in [2.24, 2.45) is 22.4 Å². The van der Waals surface area contributed by atoms with E-state index in [1.54, 1.807) is 0 Å². The van der Waals surface area contributed by atoms with E-state index in [-0.39, 0.29) is 5.54 Å². The van der Waals surface area contributed by atoms with Gasteiger partial charge in [-0.05, 0) is 37.0 Å². The molecule has 0 amide bonds. The van der Waals surface area contributed by atoms with Gasteiger partial charge in [-0.25, -0.2) is 0 Å². The molecule has 102 valence electrons. The van der Waals surface area contributed by atoms with Gasteiger partial charge in [-0.1, -0.05) is 19.0 Å². The van der Waals surface area contributed by atoms with Crippen LogP contribution >= 0.6 is 0 Å². The van der Waals surface area contributed by atoms with Crippen molar-refractivity contribution in [2.45, 2.75) is 39.2 Å². The van der Waals surface area contributed by atoms with Crippen LogP contribution in [0.25, 0.3) is 0 Å². The van der Waals surface area contributed by atoms with Crippen LogP contribution < -0.4 is 5.32 Å². The molecule has 4 heteroatoms. The van der Waals surface area contributed by atoms with Crippen LogP contribution in [0.4, 0.5) is 0 Å². The lowest BCUT2D eigenvalue weighted by Gasteiger charge is -2.45. The van der Waals surface area contributed by atoms with E-state index >= 15 is 0 Å². The topological polar surface area (TPSA) is 47.9 Å². The van der Waals surface area contributed by atoms with E-state index in [1.165, 1.54) is 0 Å². The predicted molar refractivity (Wildman–Crippen MR) is 72.1 cm³/mol. The molecule has 2 aliphatic carbocycles. The number of hydrogen-bond donors (Lipinski definition) is 2. The first-order chi connectivity index (χ1) is 8.50. The average molecular weight is 251 g/mol. The summed E-state index contributed by atoms with van der Waals surface area (Å²) in [6.45, 7) is 11.2. The zero-order chi connectivity index (χ0) is 13.0. The highest BCUT2D eigenvalue weighted by Gasteiger charge is 2.64. The van der Waals surface area contributed by atoms with Gasteiger partial charge in [-0.15, -0.1) is 0 Å². The lowest BCUT2D eigenvalue weighted by molar-refractivity contribution is 0.114. The first-order valence-corrected chi connectivity index (χ1v) is 7.17. The van der Waals surface area contributed by atoms with Gasteiger partial charge in [0.2, 0.25) is 0 Å². The quantitative estimate of drug-likeness (QED) is 0.549. The number of hydrogen-bond acceptors (Lipinski definition) is 4. The second-order valence-corrected chi connectivity index (χ2v) is 7.00. The largest absolute Gasteiger partial charge is 0.411 e. The SMILES string of the molecule is CC1(C)[C@@H]2C/C(=N\O)[C@@](C)(N3CCNCC3)C[C@@H]21. The number of fused-ring (bicyclic) bond motifs is 1. The van der Waals surface area contributed by atoms with Crippen LogP contribution in [0.2, 0.25) is 0 Å². The predicted octanol–water partition coefficient (Wildman–Crippen LogP) is 1.55. The van der Waals surface area contributed by atoms with Crippen molar-refractivity contribution in [2.75, 3.05) is 26.2 Å². The first kappa shape index (κ1) is 12.4. The van der Waals surface area contributed by atoms with Crippen molar-refractivity contribution in [1.29, 1.82) is 0 Å². The standard InChI is InChI=1S/C14H25N3O/c1-13(2)10-8-12(16-18)14(3,9-11(10)13)17-6-4-15-5-7-17/h10-11,15,18H,4-9H2,1-3H3/b16-12+/t10-,11+,14+/m1/s1. The van der Waals surface area contributed by atoms with Gasteiger partial charge in [0.05, 0.1) is 11.3 Å². The molecule has 3 rings (SSSR count). The van der Waals surface area contributed by atoms with Gasteiger partial charge in [0.25, 0.3) is 0 Å². The van der Waals surface area contributed by atoms with E-state index in [0.29, 0.717) is 5.41 Å². The summed E-state index contributed by atoms with van der Waals surface area (Å²) in [6, 6.07) is 0. The van der Waals surface area contributed by atoms with Crippen molar-refractivity contribution in [3.05, 3.63) is 0 Å². The third-order valence-electron chi connectivity index (χ3n) is 5.88. The number of oxime groups is 1. The van der Waals surface area contributed by atoms with Gasteiger partial charge in [0.1, 0.15) is 0 Å². The maximum Gasteiger partial charge on any atom is 0.0773 e. The lowest BCUT2D eigenvalue weighted by Crippen LogP contribution is -2.59. The van der Waals surface area contributed by atoms with Crippen molar-refractivity contribution in [3.63, 3.8) is 0 Å². The lowest BCUT2D eigenvalue weighted by atomic mass is 9.79. The molecule has 1 heterocycles. The van der Waals surface area contributed by atoms with Crippen molar-refractivity contribution in [1.82, 2.24) is 10.2 Å². The Hall–Kier alpha value is -0.610. The molecule has 1 aliphatic heterocycles. The molecule has 3 fully saturated rings. The molecular weight excluding hydrogens is 226 g/mol. The van der Waals surface area contributed by atoms with Gasteiger partial charge in [0, 0.05) is 26.2 Å². The summed E-state index contributed by atoms with van der Waals surface area (Å²) in [5, 5.41) is 16.5. The molecule has 0 aromatic carbocycles. The third-order valence-corrected chi connectivity index (χ3v) is 5.88. The second-order valence-electron chi connectivity index (χ2n) is 7.00. The van der Waals surface area contributed by atoms with E-state index in [4.69, 9.17) is 0 Å². The van der Waals surface area contributed by atoms with Crippen LogP contribution in [0.15, 0.2) is 5.16 Å². The number of rotatable bonds is 1. The van der Waals surface area contributed by atoms with Crippen molar-refractivity contribution in [3.8, 4) is 0 Å². The Morgan fingerprint density at radius 1 is 1.22 bits per heavy atom. The monoisotopic (exact) mass is 251 g/mol. The molecule has 3 atom stereocenters. The minimum absolute atomic E-state index is 0.0220.